The Morgan fingerprint density at radius 2 is 1.41 bits per heavy atom. The number of nitrogens with one attached hydrogen (secondary N) is 1. The zero-order valence-electron chi connectivity index (χ0n) is 15.7. The van der Waals surface area contributed by atoms with Crippen LogP contribution in [0.2, 0.25) is 0 Å². The van der Waals surface area contributed by atoms with Crippen LogP contribution in [-0.4, -0.2) is 38.8 Å². The molecule has 2 aromatic rings. The first-order valence-corrected chi connectivity index (χ1v) is 9.81. The minimum Gasteiger partial charge on any atom is -0.378 e. The van der Waals surface area contributed by atoms with Crippen LogP contribution >= 0.6 is 0 Å². The van der Waals surface area contributed by atoms with Crippen molar-refractivity contribution in [2.24, 2.45) is 0 Å². The van der Waals surface area contributed by atoms with Gasteiger partial charge in [0.2, 0.25) is 5.91 Å². The molecule has 1 amide bonds. The molecule has 2 aliphatic rings. The van der Waals surface area contributed by atoms with E-state index in [9.17, 15) is 4.79 Å². The van der Waals surface area contributed by atoms with Crippen molar-refractivity contribution in [3.05, 3.63) is 59.7 Å². The zero-order chi connectivity index (χ0) is 18.5. The van der Waals surface area contributed by atoms with Gasteiger partial charge in [-0.3, -0.25) is 4.79 Å². The number of anilines is 2. The van der Waals surface area contributed by atoms with E-state index in [-0.39, 0.29) is 5.91 Å². The number of hydrogen-bond acceptors (Lipinski definition) is 4. The number of ether oxygens (including phenoxy) is 1. The lowest BCUT2D eigenvalue weighted by Gasteiger charge is -2.28. The Hall–Kier alpha value is -2.37. The summed E-state index contributed by atoms with van der Waals surface area (Å²) in [5.74, 6) is 0.237. The highest BCUT2D eigenvalue weighted by atomic mass is 16.5. The summed E-state index contributed by atoms with van der Waals surface area (Å²) < 4.78 is 5.41. The smallest absolute Gasteiger partial charge is 0.227 e. The van der Waals surface area contributed by atoms with Crippen LogP contribution in [0.25, 0.3) is 0 Å². The SMILES string of the molecule is O=C1CCCN1c1ccc(CNCc2ccc(N3CCOCC3)cc2)cc1. The van der Waals surface area contributed by atoms with Crippen molar-refractivity contribution >= 4 is 17.3 Å². The molecular formula is C22H27N3O2. The van der Waals surface area contributed by atoms with E-state index in [1.165, 1.54) is 16.8 Å². The van der Waals surface area contributed by atoms with Crippen LogP contribution < -0.4 is 15.1 Å². The summed E-state index contributed by atoms with van der Waals surface area (Å²) in [6.45, 7) is 6.07. The van der Waals surface area contributed by atoms with E-state index in [1.807, 2.05) is 4.90 Å². The molecule has 0 spiro atoms. The number of amides is 1. The molecule has 2 saturated heterocycles. The first-order chi connectivity index (χ1) is 13.3. The Balaban J connectivity index is 1.26. The molecule has 2 heterocycles. The normalized spacial score (nSPS) is 17.6. The van der Waals surface area contributed by atoms with Crippen molar-refractivity contribution in [1.82, 2.24) is 5.32 Å². The summed E-state index contributed by atoms with van der Waals surface area (Å²) in [5, 5.41) is 3.50. The van der Waals surface area contributed by atoms with Gasteiger partial charge in [0, 0.05) is 50.5 Å². The maximum atomic E-state index is 11.8. The quantitative estimate of drug-likeness (QED) is 0.855. The predicted molar refractivity (Wildman–Crippen MR) is 108 cm³/mol. The predicted octanol–water partition coefficient (Wildman–Crippen LogP) is 2.94. The van der Waals surface area contributed by atoms with Crippen LogP contribution in [0.15, 0.2) is 48.5 Å². The lowest BCUT2D eigenvalue weighted by Crippen LogP contribution is -2.36. The lowest BCUT2D eigenvalue weighted by molar-refractivity contribution is -0.117. The number of carbonyl (C=O) groups excluding carboxylic acids is 1. The molecular weight excluding hydrogens is 338 g/mol. The topological polar surface area (TPSA) is 44.8 Å². The number of benzene rings is 2. The molecule has 1 N–H and O–H groups in total. The average Bonchev–Trinajstić information content (AvgIpc) is 3.16. The molecule has 0 unspecified atom stereocenters. The van der Waals surface area contributed by atoms with Crippen molar-refractivity contribution in [3.8, 4) is 0 Å². The third-order valence-electron chi connectivity index (χ3n) is 5.29. The van der Waals surface area contributed by atoms with Gasteiger partial charge in [-0.25, -0.2) is 0 Å². The average molecular weight is 365 g/mol. The minimum atomic E-state index is 0.237. The molecule has 142 valence electrons. The molecule has 2 fully saturated rings. The summed E-state index contributed by atoms with van der Waals surface area (Å²) in [4.78, 5) is 16.1. The van der Waals surface area contributed by atoms with Crippen molar-refractivity contribution in [2.45, 2.75) is 25.9 Å². The molecule has 0 aliphatic carbocycles. The number of hydrogen-bond donors (Lipinski definition) is 1. The van der Waals surface area contributed by atoms with E-state index < -0.39 is 0 Å². The van der Waals surface area contributed by atoms with Gasteiger partial charge in [0.05, 0.1) is 13.2 Å². The van der Waals surface area contributed by atoms with Crippen LogP contribution in [0, 0.1) is 0 Å². The van der Waals surface area contributed by atoms with Gasteiger partial charge in [-0.05, 0) is 41.8 Å². The first-order valence-electron chi connectivity index (χ1n) is 9.81. The van der Waals surface area contributed by atoms with Gasteiger partial charge in [0.15, 0.2) is 0 Å². The van der Waals surface area contributed by atoms with Crippen LogP contribution in [0.1, 0.15) is 24.0 Å². The molecule has 5 heteroatoms. The second-order valence-corrected chi connectivity index (χ2v) is 7.18. The molecule has 2 aliphatic heterocycles. The van der Waals surface area contributed by atoms with Crippen LogP contribution in [0.5, 0.6) is 0 Å². The Kier molecular flexibility index (Phi) is 5.70. The summed E-state index contributed by atoms with van der Waals surface area (Å²) in [6, 6.07) is 17.1. The third-order valence-corrected chi connectivity index (χ3v) is 5.29. The Bertz CT molecular complexity index is 752. The molecule has 0 saturated carbocycles. The number of rotatable bonds is 6. The second kappa shape index (κ2) is 8.55. The summed E-state index contributed by atoms with van der Waals surface area (Å²) in [6.07, 6.45) is 1.64. The molecule has 2 aromatic carbocycles. The van der Waals surface area contributed by atoms with Gasteiger partial charge in [-0.15, -0.1) is 0 Å². The monoisotopic (exact) mass is 365 g/mol. The minimum absolute atomic E-state index is 0.237. The fraction of sp³-hybridized carbons (Fsp3) is 0.409. The lowest BCUT2D eigenvalue weighted by atomic mass is 10.1. The van der Waals surface area contributed by atoms with E-state index in [0.717, 1.165) is 58.0 Å². The van der Waals surface area contributed by atoms with Crippen LogP contribution in [0.4, 0.5) is 11.4 Å². The maximum absolute atomic E-state index is 11.8. The number of morpholine rings is 1. The van der Waals surface area contributed by atoms with Crippen LogP contribution in [-0.2, 0) is 22.6 Å². The molecule has 0 atom stereocenters. The Labute approximate surface area is 160 Å². The molecule has 5 nitrogen and oxygen atoms in total. The zero-order valence-corrected chi connectivity index (χ0v) is 15.7. The van der Waals surface area contributed by atoms with Gasteiger partial charge in [-0.2, -0.15) is 0 Å². The first kappa shape index (κ1) is 18.0. The third kappa shape index (κ3) is 4.49. The van der Waals surface area contributed by atoms with Crippen molar-refractivity contribution in [3.63, 3.8) is 0 Å². The van der Waals surface area contributed by atoms with Crippen molar-refractivity contribution < 1.29 is 9.53 Å². The second-order valence-electron chi connectivity index (χ2n) is 7.18. The van der Waals surface area contributed by atoms with Gasteiger partial charge in [0.25, 0.3) is 0 Å². The number of carbonyl (C=O) groups is 1. The van der Waals surface area contributed by atoms with E-state index in [2.05, 4.69) is 58.7 Å². The molecule has 0 bridgehead atoms. The van der Waals surface area contributed by atoms with Crippen molar-refractivity contribution in [2.75, 3.05) is 42.6 Å². The van der Waals surface area contributed by atoms with E-state index in [4.69, 9.17) is 4.74 Å². The van der Waals surface area contributed by atoms with Crippen LogP contribution in [0.3, 0.4) is 0 Å². The Morgan fingerprint density at radius 3 is 1.96 bits per heavy atom. The molecule has 0 radical (unpaired) electrons. The van der Waals surface area contributed by atoms with E-state index in [1.54, 1.807) is 0 Å². The molecule has 4 rings (SSSR count). The largest absolute Gasteiger partial charge is 0.378 e. The summed E-state index contributed by atoms with van der Waals surface area (Å²) >= 11 is 0. The highest BCUT2D eigenvalue weighted by Crippen LogP contribution is 2.21. The van der Waals surface area contributed by atoms with Gasteiger partial charge < -0.3 is 19.9 Å². The number of nitrogens with zero attached hydrogens (tertiary/aromatic N) is 2. The van der Waals surface area contributed by atoms with Gasteiger partial charge in [-0.1, -0.05) is 24.3 Å². The van der Waals surface area contributed by atoms with Gasteiger partial charge in [0.1, 0.15) is 0 Å². The van der Waals surface area contributed by atoms with Gasteiger partial charge >= 0.3 is 0 Å². The molecule has 27 heavy (non-hydrogen) atoms. The maximum Gasteiger partial charge on any atom is 0.227 e. The van der Waals surface area contributed by atoms with Crippen molar-refractivity contribution in [1.29, 1.82) is 0 Å². The molecule has 0 aromatic heterocycles. The fourth-order valence-corrected chi connectivity index (χ4v) is 3.71. The standard InChI is InChI=1S/C22H27N3O2/c26-22-2-1-11-25(22)21-9-5-19(6-10-21)17-23-16-18-3-7-20(8-4-18)24-12-14-27-15-13-24/h3-10,23H,1-2,11-17H2. The van der Waals surface area contributed by atoms with E-state index >= 15 is 0 Å². The highest BCUT2D eigenvalue weighted by molar-refractivity contribution is 5.95. The summed E-state index contributed by atoms with van der Waals surface area (Å²) in [5.41, 5.74) is 4.80. The summed E-state index contributed by atoms with van der Waals surface area (Å²) in [7, 11) is 0. The van der Waals surface area contributed by atoms with E-state index in [0.29, 0.717) is 6.42 Å². The highest BCUT2D eigenvalue weighted by Gasteiger charge is 2.21. The fourth-order valence-electron chi connectivity index (χ4n) is 3.71. The Morgan fingerprint density at radius 1 is 0.815 bits per heavy atom.